The Morgan fingerprint density at radius 3 is 2.33 bits per heavy atom. The number of aldehydes is 1. The summed E-state index contributed by atoms with van der Waals surface area (Å²) in [5, 5.41) is 16.2. The number of fused-ring (bicyclic) bond motifs is 4. The number of aromatic nitrogens is 1. The molecule has 1 aromatic heterocycles. The van der Waals surface area contributed by atoms with Crippen LogP contribution in [-0.4, -0.2) is 74.2 Å². The maximum atomic E-state index is 15.4. The zero-order chi connectivity index (χ0) is 35.3. The lowest BCUT2D eigenvalue weighted by Crippen LogP contribution is -2.68. The molecule has 1 fully saturated rings. The summed E-state index contributed by atoms with van der Waals surface area (Å²) in [6, 6.07) is 0.938. The van der Waals surface area contributed by atoms with Gasteiger partial charge in [-0.15, -0.1) is 0 Å². The van der Waals surface area contributed by atoms with E-state index < -0.39 is 43.4 Å². The van der Waals surface area contributed by atoms with Crippen molar-refractivity contribution in [2.45, 2.75) is 103 Å². The molecule has 1 saturated carbocycles. The Bertz CT molecular complexity index is 1640. The zero-order valence-electron chi connectivity index (χ0n) is 29.6. The number of rotatable bonds is 12. The van der Waals surface area contributed by atoms with Gasteiger partial charge in [0.2, 0.25) is 11.6 Å². The van der Waals surface area contributed by atoms with Gasteiger partial charge in [0.15, 0.2) is 26.0 Å². The van der Waals surface area contributed by atoms with Gasteiger partial charge in [0, 0.05) is 17.1 Å². The predicted molar refractivity (Wildman–Crippen MR) is 186 cm³/mol. The second-order valence-corrected chi connectivity index (χ2v) is 20.2. The summed E-state index contributed by atoms with van der Waals surface area (Å²) in [6.45, 7) is 15.0. The van der Waals surface area contributed by atoms with Crippen molar-refractivity contribution in [3.05, 3.63) is 44.7 Å². The second kappa shape index (κ2) is 13.4. The lowest BCUT2D eigenvalue weighted by Gasteiger charge is -2.55. The van der Waals surface area contributed by atoms with Crippen LogP contribution in [0.4, 0.5) is 0 Å². The third-order valence-corrected chi connectivity index (χ3v) is 15.5. The number of unbranched alkanes of at least 4 members (excludes halogenated alkanes) is 2. The van der Waals surface area contributed by atoms with Crippen LogP contribution in [0.5, 0.6) is 11.6 Å². The number of carbonyl (C=O) groups is 3. The van der Waals surface area contributed by atoms with Gasteiger partial charge >= 0.3 is 0 Å². The molecule has 1 N–H and O–H groups in total. The molecule has 5 rings (SSSR count). The molecule has 3 aliphatic rings. The first-order valence-electron chi connectivity index (χ1n) is 17.0. The van der Waals surface area contributed by atoms with E-state index in [4.69, 9.17) is 30.0 Å². The summed E-state index contributed by atoms with van der Waals surface area (Å²) in [6.07, 6.45) is 4.49. The quantitative estimate of drug-likeness (QED) is 0.101. The molecule has 0 bridgehead atoms. The molecule has 10 nitrogen and oxygen atoms in total. The molecule has 262 valence electrons. The molecule has 12 heteroatoms. The van der Waals surface area contributed by atoms with Gasteiger partial charge in [-0.25, -0.2) is 0 Å². The Labute approximate surface area is 289 Å². The van der Waals surface area contributed by atoms with Gasteiger partial charge in [-0.05, 0) is 80.6 Å². The van der Waals surface area contributed by atoms with Gasteiger partial charge in [-0.2, -0.15) is 0 Å². The van der Waals surface area contributed by atoms with Gasteiger partial charge in [0.25, 0.3) is 5.88 Å². The Morgan fingerprint density at radius 2 is 1.75 bits per heavy atom. The average molecular weight is 701 g/mol. The van der Waals surface area contributed by atoms with Crippen LogP contribution in [0.25, 0.3) is 5.76 Å². The van der Waals surface area contributed by atoms with Crippen LogP contribution in [0.3, 0.4) is 0 Å². The van der Waals surface area contributed by atoms with Crippen molar-refractivity contribution in [2.24, 2.45) is 11.8 Å². The molecule has 1 heterocycles. The fraction of sp³-hybridized carbons (Fsp3) is 0.611. The van der Waals surface area contributed by atoms with E-state index in [-0.39, 0.29) is 56.1 Å². The zero-order valence-corrected chi connectivity index (χ0v) is 31.4. The number of ether oxygens (including phenoxy) is 2. The Balaban J connectivity index is 1.78. The minimum Gasteiger partial charge on any atom is -0.507 e. The van der Waals surface area contributed by atoms with E-state index >= 15 is 9.59 Å². The summed E-state index contributed by atoms with van der Waals surface area (Å²) in [4.78, 5) is 44.6. The first-order chi connectivity index (χ1) is 22.6. The van der Waals surface area contributed by atoms with Crippen molar-refractivity contribution in [1.82, 2.24) is 10.1 Å². The van der Waals surface area contributed by atoms with Crippen LogP contribution in [-0.2, 0) is 15.6 Å². The van der Waals surface area contributed by atoms with E-state index in [2.05, 4.69) is 25.9 Å². The largest absolute Gasteiger partial charge is 0.507 e. The average Bonchev–Trinajstić information content (AvgIpc) is 3.42. The first-order valence-corrected chi connectivity index (χ1v) is 20.3. The first kappa shape index (κ1) is 36.3. The molecular formula is C36H49ClN2O8Si. The van der Waals surface area contributed by atoms with Gasteiger partial charge in [-0.3, -0.25) is 19.3 Å². The highest BCUT2D eigenvalue weighted by Gasteiger charge is 2.69. The van der Waals surface area contributed by atoms with Crippen molar-refractivity contribution < 1.29 is 37.9 Å². The van der Waals surface area contributed by atoms with Gasteiger partial charge in [0.05, 0.1) is 29.8 Å². The van der Waals surface area contributed by atoms with Crippen LogP contribution in [0, 0.1) is 11.8 Å². The lowest BCUT2D eigenvalue weighted by atomic mass is 9.57. The minimum atomic E-state index is -2.85. The topological polar surface area (TPSA) is 128 Å². The molecule has 1 aromatic carbocycles. The van der Waals surface area contributed by atoms with Crippen molar-refractivity contribution in [2.75, 3.05) is 27.3 Å². The molecule has 0 saturated heterocycles. The fourth-order valence-corrected chi connectivity index (χ4v) is 8.84. The smallest absolute Gasteiger partial charge is 0.265 e. The van der Waals surface area contributed by atoms with E-state index in [1.165, 1.54) is 6.07 Å². The number of aliphatic hydroxyl groups is 1. The third-order valence-electron chi connectivity index (χ3n) is 10.6. The number of aliphatic hydroxyl groups excluding tert-OH is 1. The minimum absolute atomic E-state index is 0.0499. The van der Waals surface area contributed by atoms with Gasteiger partial charge in [-0.1, -0.05) is 59.1 Å². The summed E-state index contributed by atoms with van der Waals surface area (Å²) in [7, 11) is 0.894. The Kier molecular flexibility index (Phi) is 10.1. The van der Waals surface area contributed by atoms with Crippen LogP contribution in [0.15, 0.2) is 16.2 Å². The van der Waals surface area contributed by atoms with Crippen LogP contribution in [0.1, 0.15) is 110 Å². The molecule has 4 atom stereocenters. The predicted octanol–water partition coefficient (Wildman–Crippen LogP) is 7.79. The summed E-state index contributed by atoms with van der Waals surface area (Å²) in [5.41, 5.74) is -0.676. The number of hydrogen-bond acceptors (Lipinski definition) is 10. The molecule has 0 unspecified atom stereocenters. The van der Waals surface area contributed by atoms with Crippen molar-refractivity contribution >= 4 is 43.5 Å². The van der Waals surface area contributed by atoms with Crippen molar-refractivity contribution in [3.63, 3.8) is 0 Å². The Morgan fingerprint density at radius 1 is 1.10 bits per heavy atom. The summed E-state index contributed by atoms with van der Waals surface area (Å²) in [5.74, 6) is -1.97. The lowest BCUT2D eigenvalue weighted by molar-refractivity contribution is -0.140. The molecule has 0 radical (unpaired) electrons. The number of ketones is 2. The number of halogens is 1. The Hall–Kier alpha value is -2.99. The summed E-state index contributed by atoms with van der Waals surface area (Å²) < 4.78 is 25.1. The molecular weight excluding hydrogens is 652 g/mol. The number of nitrogens with zero attached hydrogens (tertiary/aromatic N) is 2. The molecule has 0 spiro atoms. The van der Waals surface area contributed by atoms with Crippen molar-refractivity contribution in [3.8, 4) is 11.6 Å². The SMILES string of the molecule is CCCCOc1cc(C=O)c(Cl)c2c1C(O)=C1C(=O)[C@]3(O[Si](C)(C)C(C)(C)C)C(=O)c4c(OCCCC)noc4[C@@H](N(C)C)[C@@H]3C[C@@H]1C2. The molecule has 0 amide bonds. The standard InChI is InChI=1S/C36H49ClN2O8Si/c1-10-12-14-44-24-18-21(19-40)28(37)22-16-20-17-23-29(39(6)7)31-27(34(38-46-31)45-15-13-11-2)33(43)36(23,47-48(8,9)35(3,4)5)32(42)25(20)30(41)26(22)24/h18-20,23,29,41H,10-17H2,1-9H3/t20-,23-,29-,36-/m0/s1. The van der Waals surface area contributed by atoms with Gasteiger partial charge < -0.3 is 23.5 Å². The maximum absolute atomic E-state index is 15.4. The second-order valence-electron chi connectivity index (χ2n) is 15.1. The van der Waals surface area contributed by atoms with Crippen LogP contribution < -0.4 is 9.47 Å². The van der Waals surface area contributed by atoms with Crippen molar-refractivity contribution in [1.29, 1.82) is 0 Å². The van der Waals surface area contributed by atoms with Crippen LogP contribution >= 0.6 is 11.6 Å². The fourth-order valence-electron chi connectivity index (χ4n) is 7.12. The van der Waals surface area contributed by atoms with E-state index in [0.717, 1.165) is 25.7 Å². The number of benzene rings is 1. The van der Waals surface area contributed by atoms with E-state index in [1.54, 1.807) is 0 Å². The van der Waals surface area contributed by atoms with Crippen LogP contribution in [0.2, 0.25) is 23.2 Å². The highest BCUT2D eigenvalue weighted by molar-refractivity contribution is 6.74. The monoisotopic (exact) mass is 700 g/mol. The third kappa shape index (κ3) is 5.74. The maximum Gasteiger partial charge on any atom is 0.265 e. The number of hydrogen-bond donors (Lipinski definition) is 1. The summed E-state index contributed by atoms with van der Waals surface area (Å²) >= 11 is 6.80. The van der Waals surface area contributed by atoms with E-state index in [9.17, 15) is 9.90 Å². The normalized spacial score (nSPS) is 23.9. The van der Waals surface area contributed by atoms with E-state index in [1.807, 2.05) is 45.9 Å². The number of carbonyl (C=O) groups excluding carboxylic acids is 3. The molecule has 3 aliphatic carbocycles. The number of Topliss-reactive ketones (excluding diaryl/α,β-unsaturated/α-hetero) is 2. The van der Waals surface area contributed by atoms with Gasteiger partial charge in [0.1, 0.15) is 17.1 Å². The van der Waals surface area contributed by atoms with E-state index in [0.29, 0.717) is 37.2 Å². The molecule has 48 heavy (non-hydrogen) atoms. The molecule has 2 aromatic rings. The highest BCUT2D eigenvalue weighted by Crippen LogP contribution is 2.59. The molecule has 0 aliphatic heterocycles. The highest BCUT2D eigenvalue weighted by atomic mass is 35.5.